The lowest BCUT2D eigenvalue weighted by Gasteiger charge is -2.43. The highest BCUT2D eigenvalue weighted by Crippen LogP contribution is 2.37. The Morgan fingerprint density at radius 3 is 2.04 bits per heavy atom. The van der Waals surface area contributed by atoms with Gasteiger partial charge in [-0.25, -0.2) is 4.79 Å². The number of methoxy groups -OCH3 is 2. The average molecular weight is 699 g/mol. The average Bonchev–Trinajstić information content (AvgIpc) is 3.06. The fourth-order valence-corrected chi connectivity index (χ4v) is 5.29. The Hall–Kier alpha value is -5.44. The van der Waals surface area contributed by atoms with E-state index in [2.05, 4.69) is 0 Å². The van der Waals surface area contributed by atoms with E-state index >= 15 is 0 Å². The van der Waals surface area contributed by atoms with Gasteiger partial charge >= 0.3 is 29.8 Å². The lowest BCUT2D eigenvalue weighted by molar-refractivity contribution is -0.282. The van der Waals surface area contributed by atoms with Crippen molar-refractivity contribution in [2.75, 3.05) is 14.2 Å². The van der Waals surface area contributed by atoms with Gasteiger partial charge in [-0.3, -0.25) is 24.0 Å². The van der Waals surface area contributed by atoms with Gasteiger partial charge in [0.2, 0.25) is 17.8 Å². The SMILES string of the molecule is CCCCCC(=O)Oc1ccc(-c2coc3cc(O[C@@H]4O[C@H](C(=O)OC)[C@@H](OC(C)=O)[C@H](OC(C)=O)[C@H]4OC(C)=O)c(OC)cc3c2=O)cc1. The molecule has 0 radical (unpaired) electrons. The molecule has 50 heavy (non-hydrogen) atoms. The molecule has 0 saturated carbocycles. The number of ether oxygens (including phenoxy) is 8. The molecule has 268 valence electrons. The van der Waals surface area contributed by atoms with Crippen LogP contribution in [0.15, 0.2) is 51.9 Å². The second-order valence-corrected chi connectivity index (χ2v) is 11.2. The molecule has 1 aliphatic heterocycles. The first-order valence-electron chi connectivity index (χ1n) is 15.7. The molecule has 1 aliphatic rings. The van der Waals surface area contributed by atoms with Gasteiger partial charge in [0.05, 0.1) is 25.2 Å². The van der Waals surface area contributed by atoms with Gasteiger partial charge in [-0.05, 0) is 30.2 Å². The molecule has 0 spiro atoms. The molecule has 0 amide bonds. The minimum atomic E-state index is -1.69. The molecule has 15 nitrogen and oxygen atoms in total. The van der Waals surface area contributed by atoms with Crippen molar-refractivity contribution in [1.82, 2.24) is 0 Å². The van der Waals surface area contributed by atoms with Crippen LogP contribution in [-0.4, -0.2) is 74.8 Å². The molecular formula is C35H38O15. The Morgan fingerprint density at radius 2 is 1.44 bits per heavy atom. The topological polar surface area (TPSA) is 189 Å². The summed E-state index contributed by atoms with van der Waals surface area (Å²) < 4.78 is 49.4. The number of esters is 5. The maximum absolute atomic E-state index is 13.6. The van der Waals surface area contributed by atoms with Crippen molar-refractivity contribution >= 4 is 40.8 Å². The number of hydrogen-bond acceptors (Lipinski definition) is 15. The first-order chi connectivity index (χ1) is 23.9. The number of rotatable bonds is 13. The molecule has 1 saturated heterocycles. The number of carbonyl (C=O) groups is 5. The highest BCUT2D eigenvalue weighted by molar-refractivity contribution is 5.85. The van der Waals surface area contributed by atoms with E-state index in [1.165, 1.54) is 25.5 Å². The lowest BCUT2D eigenvalue weighted by atomic mass is 9.97. The highest BCUT2D eigenvalue weighted by atomic mass is 16.7. The van der Waals surface area contributed by atoms with Crippen LogP contribution in [0, 0.1) is 0 Å². The van der Waals surface area contributed by atoms with Gasteiger partial charge in [0.1, 0.15) is 17.6 Å². The zero-order valence-corrected chi connectivity index (χ0v) is 28.4. The molecule has 5 atom stereocenters. The summed E-state index contributed by atoms with van der Waals surface area (Å²) in [5.74, 6) is -3.63. The third-order valence-corrected chi connectivity index (χ3v) is 7.52. The number of carbonyl (C=O) groups excluding carboxylic acids is 5. The van der Waals surface area contributed by atoms with E-state index in [-0.39, 0.29) is 34.0 Å². The summed E-state index contributed by atoms with van der Waals surface area (Å²) in [5, 5.41) is 0.111. The van der Waals surface area contributed by atoms with Crippen LogP contribution in [0.3, 0.4) is 0 Å². The highest BCUT2D eigenvalue weighted by Gasteiger charge is 2.56. The van der Waals surface area contributed by atoms with Crippen LogP contribution in [0.25, 0.3) is 22.1 Å². The summed E-state index contributed by atoms with van der Waals surface area (Å²) in [4.78, 5) is 74.8. The third-order valence-electron chi connectivity index (χ3n) is 7.52. The van der Waals surface area contributed by atoms with E-state index < -0.39 is 60.0 Å². The summed E-state index contributed by atoms with van der Waals surface area (Å²) in [6, 6.07) is 9.08. The van der Waals surface area contributed by atoms with Crippen LogP contribution >= 0.6 is 0 Å². The Kier molecular flexibility index (Phi) is 12.5. The molecule has 15 heteroatoms. The Balaban J connectivity index is 1.68. The smallest absolute Gasteiger partial charge is 0.339 e. The predicted octanol–water partition coefficient (Wildman–Crippen LogP) is 4.03. The maximum atomic E-state index is 13.6. The third kappa shape index (κ3) is 8.96. The zero-order valence-electron chi connectivity index (χ0n) is 28.4. The summed E-state index contributed by atoms with van der Waals surface area (Å²) in [6.45, 7) is 5.24. The zero-order chi connectivity index (χ0) is 36.5. The van der Waals surface area contributed by atoms with Crippen LogP contribution in [0.1, 0.15) is 53.4 Å². The minimum absolute atomic E-state index is 0.0122. The number of unbranched alkanes of at least 4 members (excludes halogenated alkanes) is 2. The van der Waals surface area contributed by atoms with Crippen molar-refractivity contribution in [2.24, 2.45) is 0 Å². The fourth-order valence-electron chi connectivity index (χ4n) is 5.29. The number of benzene rings is 2. The summed E-state index contributed by atoms with van der Waals surface area (Å²) in [7, 11) is 2.37. The first-order valence-corrected chi connectivity index (χ1v) is 15.7. The van der Waals surface area contributed by atoms with E-state index in [9.17, 15) is 28.8 Å². The first kappa shape index (κ1) is 37.4. The van der Waals surface area contributed by atoms with Crippen LogP contribution in [-0.2, 0) is 47.7 Å². The molecule has 0 aliphatic carbocycles. The van der Waals surface area contributed by atoms with Gasteiger partial charge in [0.15, 0.2) is 29.8 Å². The number of fused-ring (bicyclic) bond motifs is 1. The minimum Gasteiger partial charge on any atom is -0.493 e. The second-order valence-electron chi connectivity index (χ2n) is 11.2. The quantitative estimate of drug-likeness (QED) is 0.108. The summed E-state index contributed by atoms with van der Waals surface area (Å²) in [6.07, 6.45) is -3.89. The maximum Gasteiger partial charge on any atom is 0.339 e. The molecule has 1 fully saturated rings. The van der Waals surface area contributed by atoms with Crippen molar-refractivity contribution < 1.29 is 66.3 Å². The summed E-state index contributed by atoms with van der Waals surface area (Å²) >= 11 is 0. The molecule has 4 rings (SSSR count). The molecule has 0 N–H and O–H groups in total. The fraction of sp³-hybridized carbons (Fsp3) is 0.429. The van der Waals surface area contributed by atoms with Gasteiger partial charge < -0.3 is 42.3 Å². The molecule has 0 unspecified atom stereocenters. The molecule has 2 aromatic carbocycles. The van der Waals surface area contributed by atoms with Gasteiger partial charge in [0.25, 0.3) is 0 Å². The molecule has 2 heterocycles. The Bertz CT molecular complexity index is 1780. The van der Waals surface area contributed by atoms with Crippen molar-refractivity contribution in [3.8, 4) is 28.4 Å². The summed E-state index contributed by atoms with van der Waals surface area (Å²) in [5.41, 5.74) is 0.349. The van der Waals surface area contributed by atoms with Crippen LogP contribution < -0.4 is 19.6 Å². The Labute approximate surface area is 286 Å². The predicted molar refractivity (Wildman–Crippen MR) is 172 cm³/mol. The molecule has 1 aromatic heterocycles. The molecule has 3 aromatic rings. The normalized spacial score (nSPS) is 19.9. The van der Waals surface area contributed by atoms with Crippen molar-refractivity contribution in [3.05, 3.63) is 52.9 Å². The van der Waals surface area contributed by atoms with Gasteiger partial charge in [-0.2, -0.15) is 0 Å². The van der Waals surface area contributed by atoms with Crippen molar-refractivity contribution in [2.45, 2.75) is 84.1 Å². The Morgan fingerprint density at radius 1 is 0.800 bits per heavy atom. The monoisotopic (exact) mass is 698 g/mol. The molecular weight excluding hydrogens is 660 g/mol. The van der Waals surface area contributed by atoms with Crippen molar-refractivity contribution in [1.29, 1.82) is 0 Å². The van der Waals surface area contributed by atoms with Gasteiger partial charge in [0, 0.05) is 33.3 Å². The van der Waals surface area contributed by atoms with E-state index in [0.29, 0.717) is 17.7 Å². The van der Waals surface area contributed by atoms with E-state index in [4.69, 9.17) is 42.3 Å². The second kappa shape index (κ2) is 16.8. The van der Waals surface area contributed by atoms with Gasteiger partial charge in [-0.1, -0.05) is 31.9 Å². The molecule has 0 bridgehead atoms. The van der Waals surface area contributed by atoms with Crippen LogP contribution in [0.5, 0.6) is 17.2 Å². The van der Waals surface area contributed by atoms with Crippen LogP contribution in [0.2, 0.25) is 0 Å². The van der Waals surface area contributed by atoms with E-state index in [0.717, 1.165) is 47.1 Å². The van der Waals surface area contributed by atoms with E-state index in [1.54, 1.807) is 24.3 Å². The van der Waals surface area contributed by atoms with Crippen LogP contribution in [0.4, 0.5) is 0 Å². The van der Waals surface area contributed by atoms with E-state index in [1.807, 2.05) is 6.92 Å². The largest absolute Gasteiger partial charge is 0.493 e. The standard InChI is InChI=1S/C35H38O15/c1-7-8-9-10-28(39)48-22-13-11-21(12-14-22)24-17-44-25-16-27(26(42-5)15-23(25)29(24)40)49-35-33(47-20(4)38)31(46-19(3)37)30(45-18(2)36)32(50-35)34(41)43-6/h11-17,30-33,35H,7-10H2,1-6H3/t30-,31-,32-,33+,35+/m0/s1. The van der Waals surface area contributed by atoms with Gasteiger partial charge in [-0.15, -0.1) is 0 Å². The van der Waals surface area contributed by atoms with Crippen molar-refractivity contribution in [3.63, 3.8) is 0 Å². The number of hydrogen-bond donors (Lipinski definition) is 0. The lowest BCUT2D eigenvalue weighted by Crippen LogP contribution is -2.64.